The fourth-order valence-electron chi connectivity index (χ4n) is 8.65. The molecule has 0 aromatic heterocycles. The third-order valence-corrected chi connectivity index (χ3v) is 12.2. The lowest BCUT2D eigenvalue weighted by Crippen LogP contribution is -2.27. The molecule has 2 N–H and O–H groups in total. The largest absolute Gasteiger partial charge is 0.507 e. The Labute approximate surface area is 375 Å². The molecule has 6 aromatic rings. The number of ether oxygens (including phenoxy) is 2. The monoisotopic (exact) mass is 836 g/mol. The van der Waals surface area contributed by atoms with E-state index in [0.29, 0.717) is 31.8 Å². The van der Waals surface area contributed by atoms with Gasteiger partial charge in [0.05, 0.1) is 13.2 Å². The van der Waals surface area contributed by atoms with E-state index in [0.717, 1.165) is 100 Å². The number of para-hydroxylation sites is 1. The lowest BCUT2D eigenvalue weighted by molar-refractivity contribution is 0.194. The van der Waals surface area contributed by atoms with Crippen molar-refractivity contribution in [3.63, 3.8) is 0 Å². The summed E-state index contributed by atoms with van der Waals surface area (Å²) < 4.78 is 13.2. The summed E-state index contributed by atoms with van der Waals surface area (Å²) in [7, 11) is 0. The third kappa shape index (κ3) is 9.42. The van der Waals surface area contributed by atoms with Crippen LogP contribution in [0, 0.1) is 13.8 Å². The SMILES string of the molecule is CC=c1ccc(C)c(-c2cc(C(C)(C)C)cc(C3=CC=CCC=C3OCCCOc3ccccc3-c3cc(C(C)(C)C)cc(-c4c(C)ccc5ccccc45)c3O)c2O)c1=CCC. The maximum atomic E-state index is 12.3. The number of phenolic OH excluding ortho intramolecular Hbond substituents is 2. The molecule has 0 unspecified atom stereocenters. The smallest absolute Gasteiger partial charge is 0.131 e. The van der Waals surface area contributed by atoms with Gasteiger partial charge in [0.1, 0.15) is 23.0 Å². The van der Waals surface area contributed by atoms with E-state index in [1.54, 1.807) is 0 Å². The summed E-state index contributed by atoms with van der Waals surface area (Å²) in [5, 5.41) is 29.1. The van der Waals surface area contributed by atoms with Gasteiger partial charge in [-0.05, 0) is 135 Å². The van der Waals surface area contributed by atoms with Gasteiger partial charge in [0.25, 0.3) is 0 Å². The van der Waals surface area contributed by atoms with Gasteiger partial charge in [-0.3, -0.25) is 0 Å². The maximum Gasteiger partial charge on any atom is 0.131 e. The van der Waals surface area contributed by atoms with Gasteiger partial charge in [0.2, 0.25) is 0 Å². The molecule has 0 atom stereocenters. The first-order valence-electron chi connectivity index (χ1n) is 22.5. The highest BCUT2D eigenvalue weighted by atomic mass is 16.5. The van der Waals surface area contributed by atoms with E-state index in [9.17, 15) is 10.2 Å². The summed E-state index contributed by atoms with van der Waals surface area (Å²) in [6.45, 7) is 22.6. The highest BCUT2D eigenvalue weighted by Crippen LogP contribution is 2.47. The van der Waals surface area contributed by atoms with Crippen molar-refractivity contribution in [2.24, 2.45) is 0 Å². The highest BCUT2D eigenvalue weighted by Gasteiger charge is 2.26. The van der Waals surface area contributed by atoms with Crippen molar-refractivity contribution in [2.45, 2.75) is 99.3 Å². The predicted molar refractivity (Wildman–Crippen MR) is 267 cm³/mol. The van der Waals surface area contributed by atoms with Crippen molar-refractivity contribution in [1.82, 2.24) is 0 Å². The van der Waals surface area contributed by atoms with E-state index in [2.05, 4.69) is 178 Å². The van der Waals surface area contributed by atoms with Crippen molar-refractivity contribution < 1.29 is 19.7 Å². The highest BCUT2D eigenvalue weighted by molar-refractivity contribution is 6.01. The molecule has 324 valence electrons. The van der Waals surface area contributed by atoms with Crippen LogP contribution >= 0.6 is 0 Å². The average molecular weight is 837 g/mol. The van der Waals surface area contributed by atoms with Crippen LogP contribution in [0.3, 0.4) is 0 Å². The van der Waals surface area contributed by atoms with Crippen molar-refractivity contribution in [3.05, 3.63) is 165 Å². The van der Waals surface area contributed by atoms with E-state index in [-0.39, 0.29) is 22.3 Å². The number of phenols is 2. The molecule has 7 rings (SSSR count). The van der Waals surface area contributed by atoms with E-state index in [1.807, 2.05) is 24.3 Å². The number of fused-ring (bicyclic) bond motifs is 1. The van der Waals surface area contributed by atoms with Crippen LogP contribution in [0.2, 0.25) is 0 Å². The summed E-state index contributed by atoms with van der Waals surface area (Å²) in [6, 6.07) is 33.5. The van der Waals surface area contributed by atoms with Crippen LogP contribution in [0.4, 0.5) is 0 Å². The Bertz CT molecular complexity index is 2890. The number of hydrogen-bond donors (Lipinski definition) is 2. The summed E-state index contributed by atoms with van der Waals surface area (Å²) in [5.41, 5.74) is 11.1. The van der Waals surface area contributed by atoms with Gasteiger partial charge in [-0.15, -0.1) is 0 Å². The molecule has 0 saturated heterocycles. The first kappa shape index (κ1) is 44.8. The van der Waals surface area contributed by atoms with Gasteiger partial charge in [-0.1, -0.05) is 146 Å². The quantitative estimate of drug-likeness (QED) is 0.128. The van der Waals surface area contributed by atoms with Crippen LogP contribution < -0.4 is 15.2 Å². The molecular weight excluding hydrogens is 773 g/mol. The van der Waals surface area contributed by atoms with E-state index >= 15 is 0 Å². The second-order valence-electron chi connectivity index (χ2n) is 18.8. The lowest BCUT2D eigenvalue weighted by atomic mass is 9.81. The van der Waals surface area contributed by atoms with Crippen molar-refractivity contribution in [3.8, 4) is 50.6 Å². The fourth-order valence-corrected chi connectivity index (χ4v) is 8.65. The van der Waals surface area contributed by atoms with Gasteiger partial charge in [0.15, 0.2) is 0 Å². The Morgan fingerprint density at radius 1 is 0.651 bits per heavy atom. The molecule has 4 nitrogen and oxygen atoms in total. The number of aryl methyl sites for hydroxylation is 2. The van der Waals surface area contributed by atoms with Gasteiger partial charge in [-0.2, -0.15) is 0 Å². The summed E-state index contributed by atoms with van der Waals surface area (Å²) in [5.74, 6) is 1.93. The molecule has 0 saturated carbocycles. The van der Waals surface area contributed by atoms with Crippen LogP contribution in [0.1, 0.15) is 102 Å². The van der Waals surface area contributed by atoms with E-state index in [4.69, 9.17) is 9.47 Å². The fraction of sp³-hybridized carbons (Fsp3) is 0.288. The Balaban J connectivity index is 1.17. The second-order valence-corrected chi connectivity index (χ2v) is 18.8. The van der Waals surface area contributed by atoms with Gasteiger partial charge in [0, 0.05) is 39.8 Å². The van der Waals surface area contributed by atoms with Crippen LogP contribution in [-0.4, -0.2) is 23.4 Å². The second kappa shape index (κ2) is 18.6. The minimum absolute atomic E-state index is 0.167. The van der Waals surface area contributed by atoms with Crippen LogP contribution in [0.5, 0.6) is 17.2 Å². The molecule has 0 spiro atoms. The Morgan fingerprint density at radius 2 is 1.25 bits per heavy atom. The molecule has 4 heteroatoms. The standard InChI is InChI=1S/C59H64O4/c1-11-21-44-40(12-2)30-28-38(3)54(44)50-36-42(58(5,6)7)34-48(56(50)60)46-24-14-13-15-26-52(46)62-32-20-33-63-53-27-19-18-25-47(53)49-35-43(59(8,9)10)37-51(57(49)61)55-39(4)29-31-41-22-16-17-23-45(41)55/h12-14,16-19,21-31,34-37,60-61H,11,15,20,32-33H2,1-10H3. The molecule has 1 aliphatic carbocycles. The van der Waals surface area contributed by atoms with Crippen LogP contribution in [0.15, 0.2) is 127 Å². The van der Waals surface area contributed by atoms with Crippen molar-refractivity contribution in [1.29, 1.82) is 0 Å². The molecule has 0 radical (unpaired) electrons. The van der Waals surface area contributed by atoms with E-state index < -0.39 is 0 Å². The molecular formula is C59H64O4. The topological polar surface area (TPSA) is 58.9 Å². The zero-order chi connectivity index (χ0) is 45.1. The summed E-state index contributed by atoms with van der Waals surface area (Å²) in [4.78, 5) is 0. The average Bonchev–Trinajstić information content (AvgIpc) is 3.49. The number of hydrogen-bond acceptors (Lipinski definition) is 4. The Morgan fingerprint density at radius 3 is 1.97 bits per heavy atom. The normalized spacial score (nSPS) is 13.9. The minimum atomic E-state index is -0.172. The van der Waals surface area contributed by atoms with Crippen molar-refractivity contribution >= 4 is 28.5 Å². The summed E-state index contributed by atoms with van der Waals surface area (Å²) in [6.07, 6.45) is 14.9. The third-order valence-electron chi connectivity index (χ3n) is 12.2. The predicted octanol–water partition coefficient (Wildman–Crippen LogP) is 14.2. The summed E-state index contributed by atoms with van der Waals surface area (Å²) >= 11 is 0. The Hall–Kier alpha value is -6.26. The van der Waals surface area contributed by atoms with Gasteiger partial charge < -0.3 is 19.7 Å². The molecule has 63 heavy (non-hydrogen) atoms. The molecule has 1 aliphatic rings. The lowest BCUT2D eigenvalue weighted by Gasteiger charge is -2.25. The Kier molecular flexibility index (Phi) is 13.2. The minimum Gasteiger partial charge on any atom is -0.507 e. The van der Waals surface area contributed by atoms with Crippen molar-refractivity contribution in [2.75, 3.05) is 13.2 Å². The molecule has 0 heterocycles. The molecule has 6 aromatic carbocycles. The van der Waals surface area contributed by atoms with Crippen LogP contribution in [0.25, 0.3) is 61.9 Å². The number of rotatable bonds is 11. The zero-order valence-electron chi connectivity index (χ0n) is 38.9. The van der Waals surface area contributed by atoms with E-state index in [1.165, 1.54) is 0 Å². The first-order valence-corrected chi connectivity index (χ1v) is 22.5. The van der Waals surface area contributed by atoms with Gasteiger partial charge >= 0.3 is 0 Å². The van der Waals surface area contributed by atoms with Gasteiger partial charge in [-0.25, -0.2) is 0 Å². The number of aromatic hydroxyl groups is 2. The molecule has 0 fully saturated rings. The maximum absolute atomic E-state index is 12.3. The first-order chi connectivity index (χ1) is 30.1. The number of benzene rings is 6. The zero-order valence-corrected chi connectivity index (χ0v) is 38.9. The molecule has 0 amide bonds. The van der Waals surface area contributed by atoms with Crippen LogP contribution in [-0.2, 0) is 15.6 Å². The molecule has 0 aliphatic heterocycles. The molecule has 0 bridgehead atoms. The number of allylic oxidation sites excluding steroid dienone is 5.